The van der Waals surface area contributed by atoms with Crippen LogP contribution in [0.2, 0.25) is 0 Å². The van der Waals surface area contributed by atoms with Crippen LogP contribution in [0.4, 0.5) is 13.2 Å². The van der Waals surface area contributed by atoms with Gasteiger partial charge in [0.05, 0.1) is 6.54 Å². The van der Waals surface area contributed by atoms with Crippen molar-refractivity contribution in [1.82, 2.24) is 15.1 Å². The number of alkyl halides is 3. The van der Waals surface area contributed by atoms with Crippen molar-refractivity contribution in [3.63, 3.8) is 0 Å². The van der Waals surface area contributed by atoms with Gasteiger partial charge in [-0.2, -0.15) is 18.3 Å². The lowest BCUT2D eigenvalue weighted by molar-refractivity contribution is -0.141. The van der Waals surface area contributed by atoms with E-state index in [1.807, 2.05) is 6.07 Å². The van der Waals surface area contributed by atoms with E-state index in [0.29, 0.717) is 5.75 Å². The highest BCUT2D eigenvalue weighted by Gasteiger charge is 2.33. The fourth-order valence-electron chi connectivity index (χ4n) is 1.83. The molecule has 1 N–H and O–H groups in total. The fourth-order valence-corrected chi connectivity index (χ4v) is 1.83. The Balaban J connectivity index is 1.77. The van der Waals surface area contributed by atoms with E-state index in [1.54, 1.807) is 31.2 Å². The zero-order valence-electron chi connectivity index (χ0n) is 12.4. The van der Waals surface area contributed by atoms with Gasteiger partial charge in [-0.15, -0.1) is 0 Å². The van der Waals surface area contributed by atoms with E-state index >= 15 is 0 Å². The van der Waals surface area contributed by atoms with Crippen LogP contribution < -0.4 is 10.1 Å². The molecule has 1 aromatic heterocycles. The zero-order chi connectivity index (χ0) is 16.9. The molecule has 1 aromatic carbocycles. The van der Waals surface area contributed by atoms with E-state index in [2.05, 4.69) is 10.4 Å². The first-order chi connectivity index (χ1) is 10.9. The molecule has 1 atom stereocenters. The largest absolute Gasteiger partial charge is 0.481 e. The number of aromatic nitrogens is 2. The molecule has 0 saturated carbocycles. The molecule has 0 aliphatic rings. The van der Waals surface area contributed by atoms with Crippen LogP contribution in [-0.2, 0) is 17.5 Å². The summed E-state index contributed by atoms with van der Waals surface area (Å²) in [6, 6.07) is 9.75. The van der Waals surface area contributed by atoms with Crippen LogP contribution in [0.1, 0.15) is 12.6 Å². The summed E-state index contributed by atoms with van der Waals surface area (Å²) in [5.74, 6) is 0.217. The van der Waals surface area contributed by atoms with Gasteiger partial charge in [0.25, 0.3) is 5.91 Å². The maximum Gasteiger partial charge on any atom is 0.435 e. The van der Waals surface area contributed by atoms with Crippen molar-refractivity contribution in [2.24, 2.45) is 0 Å². The first-order valence-electron chi connectivity index (χ1n) is 6.96. The molecule has 0 spiro atoms. The highest BCUT2D eigenvalue weighted by molar-refractivity contribution is 5.80. The standard InChI is InChI=1S/C15H16F3N3O2/c1-11(23-12-5-3-2-4-6-12)14(22)19-8-10-21-9-7-13(20-21)15(16,17)18/h2-7,9,11H,8,10H2,1H3,(H,19,22)/t11-/m0/s1. The number of benzene rings is 1. The molecule has 0 bridgehead atoms. The average Bonchev–Trinajstić information content (AvgIpc) is 2.97. The van der Waals surface area contributed by atoms with Crippen LogP contribution in [0.5, 0.6) is 5.75 Å². The third-order valence-electron chi connectivity index (χ3n) is 3.00. The van der Waals surface area contributed by atoms with Gasteiger partial charge in [-0.3, -0.25) is 9.48 Å². The zero-order valence-corrected chi connectivity index (χ0v) is 12.4. The molecule has 1 heterocycles. The summed E-state index contributed by atoms with van der Waals surface area (Å²) in [5.41, 5.74) is -0.954. The molecule has 5 nitrogen and oxygen atoms in total. The first-order valence-corrected chi connectivity index (χ1v) is 6.96. The Labute approximate surface area is 131 Å². The van der Waals surface area contributed by atoms with Crippen LogP contribution in [0.15, 0.2) is 42.6 Å². The molecule has 0 radical (unpaired) electrons. The number of nitrogens with zero attached hydrogens (tertiary/aromatic N) is 2. The molecule has 2 aromatic rings. The summed E-state index contributed by atoms with van der Waals surface area (Å²) >= 11 is 0. The highest BCUT2D eigenvalue weighted by atomic mass is 19.4. The number of amides is 1. The lowest BCUT2D eigenvalue weighted by atomic mass is 10.3. The topological polar surface area (TPSA) is 56.1 Å². The smallest absolute Gasteiger partial charge is 0.435 e. The summed E-state index contributed by atoms with van der Waals surface area (Å²) in [6.45, 7) is 1.89. The third kappa shape index (κ3) is 5.01. The van der Waals surface area contributed by atoms with Crippen LogP contribution in [0.3, 0.4) is 0 Å². The van der Waals surface area contributed by atoms with Crippen LogP contribution in [-0.4, -0.2) is 28.3 Å². The van der Waals surface area contributed by atoms with Crippen LogP contribution in [0.25, 0.3) is 0 Å². The molecule has 0 saturated heterocycles. The van der Waals surface area contributed by atoms with Gasteiger partial charge in [0, 0.05) is 12.7 Å². The van der Waals surface area contributed by atoms with Crippen molar-refractivity contribution in [3.8, 4) is 5.75 Å². The molecule has 23 heavy (non-hydrogen) atoms. The van der Waals surface area contributed by atoms with Crippen molar-refractivity contribution in [1.29, 1.82) is 0 Å². The minimum atomic E-state index is -4.47. The Morgan fingerprint density at radius 3 is 2.61 bits per heavy atom. The molecule has 2 rings (SSSR count). The monoisotopic (exact) mass is 327 g/mol. The molecule has 0 fully saturated rings. The Kier molecular flexibility index (Phi) is 5.25. The van der Waals surface area contributed by atoms with E-state index in [9.17, 15) is 18.0 Å². The summed E-state index contributed by atoms with van der Waals surface area (Å²) in [6.07, 6.45) is -3.95. The van der Waals surface area contributed by atoms with Crippen molar-refractivity contribution in [3.05, 3.63) is 48.3 Å². The molecule has 0 unspecified atom stereocenters. The molecule has 8 heteroatoms. The summed E-state index contributed by atoms with van der Waals surface area (Å²) < 4.78 is 43.8. The Hall–Kier alpha value is -2.51. The van der Waals surface area contributed by atoms with Gasteiger partial charge >= 0.3 is 6.18 Å². The van der Waals surface area contributed by atoms with E-state index in [-0.39, 0.29) is 19.0 Å². The maximum atomic E-state index is 12.4. The van der Waals surface area contributed by atoms with Gasteiger partial charge in [-0.05, 0) is 25.1 Å². The number of hydrogen-bond acceptors (Lipinski definition) is 3. The molecule has 0 aliphatic carbocycles. The Morgan fingerprint density at radius 1 is 1.30 bits per heavy atom. The predicted octanol–water partition coefficient (Wildman–Crippen LogP) is 2.49. The normalized spacial score (nSPS) is 12.7. The number of halogens is 3. The molecule has 0 aliphatic heterocycles. The van der Waals surface area contributed by atoms with Crippen molar-refractivity contribution >= 4 is 5.91 Å². The second kappa shape index (κ2) is 7.17. The number of ether oxygens (including phenoxy) is 1. The SMILES string of the molecule is C[C@H](Oc1ccccc1)C(=O)NCCn1ccc(C(F)(F)F)n1. The molecule has 124 valence electrons. The number of rotatable bonds is 6. The number of para-hydroxylation sites is 1. The summed E-state index contributed by atoms with van der Waals surface area (Å²) in [4.78, 5) is 11.9. The van der Waals surface area contributed by atoms with E-state index in [4.69, 9.17) is 4.74 Å². The van der Waals surface area contributed by atoms with Gasteiger partial charge in [0.2, 0.25) is 0 Å². The highest BCUT2D eigenvalue weighted by Crippen LogP contribution is 2.27. The molecular weight excluding hydrogens is 311 g/mol. The number of carbonyl (C=O) groups excluding carboxylic acids is 1. The molecule has 1 amide bonds. The lowest BCUT2D eigenvalue weighted by Gasteiger charge is -2.14. The first kappa shape index (κ1) is 16.9. The third-order valence-corrected chi connectivity index (χ3v) is 3.00. The van der Waals surface area contributed by atoms with E-state index < -0.39 is 18.0 Å². The van der Waals surface area contributed by atoms with Crippen LogP contribution >= 0.6 is 0 Å². The summed E-state index contributed by atoms with van der Waals surface area (Å²) in [7, 11) is 0. The van der Waals surface area contributed by atoms with E-state index in [1.165, 1.54) is 6.20 Å². The van der Waals surface area contributed by atoms with Crippen molar-refractivity contribution in [2.45, 2.75) is 25.7 Å². The molecular formula is C15H16F3N3O2. The van der Waals surface area contributed by atoms with Gasteiger partial charge in [0.1, 0.15) is 5.75 Å². The average molecular weight is 327 g/mol. The minimum absolute atomic E-state index is 0.139. The fraction of sp³-hybridized carbons (Fsp3) is 0.333. The Morgan fingerprint density at radius 2 is 2.00 bits per heavy atom. The van der Waals surface area contributed by atoms with E-state index in [0.717, 1.165) is 10.7 Å². The number of nitrogens with one attached hydrogen (secondary N) is 1. The van der Waals surface area contributed by atoms with Crippen molar-refractivity contribution in [2.75, 3.05) is 6.54 Å². The Bertz CT molecular complexity index is 641. The van der Waals surface area contributed by atoms with Gasteiger partial charge in [-0.25, -0.2) is 0 Å². The van der Waals surface area contributed by atoms with Crippen molar-refractivity contribution < 1.29 is 22.7 Å². The summed E-state index contributed by atoms with van der Waals surface area (Å²) in [5, 5.41) is 5.99. The predicted molar refractivity (Wildman–Crippen MR) is 76.8 cm³/mol. The number of hydrogen-bond donors (Lipinski definition) is 1. The quantitative estimate of drug-likeness (QED) is 0.887. The van der Waals surface area contributed by atoms with Gasteiger partial charge in [-0.1, -0.05) is 18.2 Å². The number of carbonyl (C=O) groups is 1. The lowest BCUT2D eigenvalue weighted by Crippen LogP contribution is -2.38. The second-order valence-electron chi connectivity index (χ2n) is 4.83. The van der Waals surface area contributed by atoms with Gasteiger partial charge < -0.3 is 10.1 Å². The van der Waals surface area contributed by atoms with Gasteiger partial charge in [0.15, 0.2) is 11.8 Å². The van der Waals surface area contributed by atoms with Crippen LogP contribution in [0, 0.1) is 0 Å². The second-order valence-corrected chi connectivity index (χ2v) is 4.83. The minimum Gasteiger partial charge on any atom is -0.481 e. The maximum absolute atomic E-state index is 12.4.